The van der Waals surface area contributed by atoms with Gasteiger partial charge in [0.2, 0.25) is 5.91 Å². The van der Waals surface area contributed by atoms with E-state index in [0.717, 1.165) is 90.8 Å². The van der Waals surface area contributed by atoms with Gasteiger partial charge in [-0.3, -0.25) is 19.5 Å². The number of thiazole rings is 1. The summed E-state index contributed by atoms with van der Waals surface area (Å²) in [5.74, 6) is 1.94. The Morgan fingerprint density at radius 1 is 1.18 bits per heavy atom. The summed E-state index contributed by atoms with van der Waals surface area (Å²) in [6.07, 6.45) is 9.39. The van der Waals surface area contributed by atoms with Crippen LogP contribution in [0.1, 0.15) is 48.7 Å². The van der Waals surface area contributed by atoms with Gasteiger partial charge in [0.05, 0.1) is 22.6 Å². The molecule has 4 aromatic rings. The third-order valence-corrected chi connectivity index (χ3v) is 11.1. The summed E-state index contributed by atoms with van der Waals surface area (Å²) in [6.45, 7) is 5.37. The van der Waals surface area contributed by atoms with E-state index in [1.165, 1.54) is 5.57 Å². The van der Waals surface area contributed by atoms with Gasteiger partial charge in [0.15, 0.2) is 5.82 Å². The molecule has 4 aliphatic heterocycles. The summed E-state index contributed by atoms with van der Waals surface area (Å²) in [4.78, 5) is 34.4. The van der Waals surface area contributed by atoms with Crippen molar-refractivity contribution in [3.8, 4) is 10.7 Å². The molecule has 3 saturated heterocycles. The Balaban J connectivity index is 0.888. The number of aromatic amines is 1. The number of carbonyl (C=O) groups is 1. The average molecular weight is 631 g/mol. The number of aliphatic hydroxyl groups excluding tert-OH is 1. The van der Waals surface area contributed by atoms with Crippen molar-refractivity contribution in [2.75, 3.05) is 57.4 Å². The van der Waals surface area contributed by atoms with Crippen molar-refractivity contribution < 1.29 is 14.6 Å². The average Bonchev–Trinajstić information content (AvgIpc) is 3.91. The summed E-state index contributed by atoms with van der Waals surface area (Å²) in [5.41, 5.74) is 3.72. The zero-order valence-electron chi connectivity index (χ0n) is 25.4. The van der Waals surface area contributed by atoms with Gasteiger partial charge in [-0.2, -0.15) is 10.2 Å². The smallest absolute Gasteiger partial charge is 0.237 e. The van der Waals surface area contributed by atoms with Crippen molar-refractivity contribution in [3.05, 3.63) is 41.4 Å². The second-order valence-corrected chi connectivity index (χ2v) is 13.8. The number of anilines is 1. The normalized spacial score (nSPS) is 24.8. The van der Waals surface area contributed by atoms with E-state index in [1.54, 1.807) is 22.3 Å². The molecule has 0 bridgehead atoms. The highest BCUT2D eigenvalue weighted by molar-refractivity contribution is 7.16. The van der Waals surface area contributed by atoms with E-state index < -0.39 is 6.23 Å². The van der Waals surface area contributed by atoms with E-state index in [0.29, 0.717) is 37.9 Å². The molecule has 236 valence electrons. The van der Waals surface area contributed by atoms with Crippen LogP contribution in [-0.4, -0.2) is 114 Å². The van der Waals surface area contributed by atoms with Crippen LogP contribution in [0, 0.1) is 5.41 Å². The largest absolute Gasteiger partial charge is 0.381 e. The second-order valence-electron chi connectivity index (χ2n) is 12.8. The number of aromatic nitrogens is 7. The number of hydrogen-bond acceptors (Lipinski definition) is 11. The standard InChI is InChI=1S/C31H38N10O3S/c1-38-19-33-28(37-38)23-16-32-29(45-23)21-4-10-40(11-5-21)25(42)17-39-12-8-31(18-39)9-13-41(30(31)43)24-3-2-22-27(34-24)26(36-35-22)20-6-14-44-15-7-20/h2-4,16,19-20,30,43H,5-15,17-18H2,1H3,(H,35,36)/t30?,31-/m0/s1. The molecule has 1 spiro atoms. The lowest BCUT2D eigenvalue weighted by Gasteiger charge is -2.32. The predicted octanol–water partition coefficient (Wildman–Crippen LogP) is 2.64. The molecule has 0 radical (unpaired) electrons. The van der Waals surface area contributed by atoms with Crippen molar-refractivity contribution in [2.45, 2.75) is 44.2 Å². The van der Waals surface area contributed by atoms with Crippen LogP contribution < -0.4 is 4.90 Å². The van der Waals surface area contributed by atoms with Gasteiger partial charge in [-0.05, 0) is 56.4 Å². The molecule has 8 rings (SSSR count). The van der Waals surface area contributed by atoms with Crippen LogP contribution in [0.4, 0.5) is 5.82 Å². The summed E-state index contributed by atoms with van der Waals surface area (Å²) in [5, 5.41) is 24.7. The number of nitrogens with zero attached hydrogens (tertiary/aromatic N) is 9. The number of hydrogen-bond donors (Lipinski definition) is 2. The van der Waals surface area contributed by atoms with Crippen molar-refractivity contribution in [3.63, 3.8) is 0 Å². The Morgan fingerprint density at radius 2 is 2.04 bits per heavy atom. The molecule has 2 N–H and O–H groups in total. The predicted molar refractivity (Wildman–Crippen MR) is 169 cm³/mol. The SMILES string of the molecule is Cn1cnc(-c2cnc(C3=CCN(C(=O)CN4CC[C@]5(CCN(c6ccc7[nH]nc(C8CCOCC8)c7n6)C5O)C4)CC3)s2)n1. The maximum absolute atomic E-state index is 13.3. The molecule has 45 heavy (non-hydrogen) atoms. The lowest BCUT2D eigenvalue weighted by molar-refractivity contribution is -0.131. The van der Waals surface area contributed by atoms with Crippen LogP contribution >= 0.6 is 11.3 Å². The molecule has 0 saturated carbocycles. The van der Waals surface area contributed by atoms with Crippen LogP contribution in [0.5, 0.6) is 0 Å². The minimum Gasteiger partial charge on any atom is -0.381 e. The summed E-state index contributed by atoms with van der Waals surface area (Å²) >= 11 is 1.59. The number of likely N-dealkylation sites (tertiary alicyclic amines) is 1. The van der Waals surface area contributed by atoms with Gasteiger partial charge in [-0.1, -0.05) is 6.08 Å². The number of pyridine rings is 1. The second kappa shape index (κ2) is 11.6. The first-order valence-electron chi connectivity index (χ1n) is 15.8. The summed E-state index contributed by atoms with van der Waals surface area (Å²) < 4.78 is 7.24. The van der Waals surface area contributed by atoms with Gasteiger partial charge in [-0.15, -0.1) is 11.3 Å². The first-order valence-corrected chi connectivity index (χ1v) is 16.7. The van der Waals surface area contributed by atoms with Crippen LogP contribution in [0.2, 0.25) is 0 Å². The highest BCUT2D eigenvalue weighted by Gasteiger charge is 2.51. The van der Waals surface area contributed by atoms with E-state index in [9.17, 15) is 9.90 Å². The van der Waals surface area contributed by atoms with Gasteiger partial charge < -0.3 is 19.6 Å². The summed E-state index contributed by atoms with van der Waals surface area (Å²) in [6, 6.07) is 4.00. The number of nitrogens with one attached hydrogen (secondary N) is 1. The van der Waals surface area contributed by atoms with E-state index in [-0.39, 0.29) is 11.3 Å². The van der Waals surface area contributed by atoms with Gasteiger partial charge in [-0.25, -0.2) is 15.0 Å². The van der Waals surface area contributed by atoms with Crippen molar-refractivity contribution >= 4 is 39.7 Å². The van der Waals surface area contributed by atoms with Gasteiger partial charge in [0, 0.05) is 64.0 Å². The Bertz CT molecular complexity index is 1740. The molecule has 14 heteroatoms. The fourth-order valence-electron chi connectivity index (χ4n) is 7.38. The third kappa shape index (κ3) is 5.33. The van der Waals surface area contributed by atoms with Crippen molar-refractivity contribution in [1.82, 2.24) is 44.7 Å². The number of aryl methyl sites for hydroxylation is 1. The van der Waals surface area contributed by atoms with Gasteiger partial charge in [0.1, 0.15) is 28.9 Å². The van der Waals surface area contributed by atoms with Crippen LogP contribution in [-0.2, 0) is 16.6 Å². The molecule has 4 aliphatic rings. The molecule has 1 amide bonds. The van der Waals surface area contributed by atoms with Crippen LogP contribution in [0.15, 0.2) is 30.7 Å². The van der Waals surface area contributed by atoms with Gasteiger partial charge in [0.25, 0.3) is 0 Å². The van der Waals surface area contributed by atoms with E-state index >= 15 is 0 Å². The monoisotopic (exact) mass is 630 g/mol. The van der Waals surface area contributed by atoms with E-state index in [2.05, 4.69) is 36.2 Å². The highest BCUT2D eigenvalue weighted by Crippen LogP contribution is 2.45. The molecular weight excluding hydrogens is 592 g/mol. The molecule has 0 aromatic carbocycles. The topological polar surface area (TPSA) is 141 Å². The Labute approximate surface area is 264 Å². The number of ether oxygens (including phenoxy) is 1. The van der Waals surface area contributed by atoms with E-state index in [4.69, 9.17) is 9.72 Å². The minimum atomic E-state index is -0.647. The zero-order chi connectivity index (χ0) is 30.5. The first-order chi connectivity index (χ1) is 22.0. The number of aliphatic hydroxyl groups is 1. The molecule has 3 fully saturated rings. The number of fused-ring (bicyclic) bond motifs is 1. The highest BCUT2D eigenvalue weighted by atomic mass is 32.1. The number of H-pyrrole nitrogens is 1. The Hall–Kier alpha value is -3.72. The Kier molecular flexibility index (Phi) is 7.39. The number of amides is 1. The van der Waals surface area contributed by atoms with E-state index in [1.807, 2.05) is 35.2 Å². The summed E-state index contributed by atoms with van der Waals surface area (Å²) in [7, 11) is 1.85. The first kappa shape index (κ1) is 28.7. The quantitative estimate of drug-likeness (QED) is 0.327. The van der Waals surface area contributed by atoms with Crippen molar-refractivity contribution in [2.24, 2.45) is 12.5 Å². The zero-order valence-corrected chi connectivity index (χ0v) is 26.2. The fraction of sp³-hybridized carbons (Fsp3) is 0.548. The van der Waals surface area contributed by atoms with Crippen molar-refractivity contribution in [1.29, 1.82) is 0 Å². The Morgan fingerprint density at radius 3 is 2.84 bits per heavy atom. The van der Waals surface area contributed by atoms with Crippen LogP contribution in [0.25, 0.3) is 27.3 Å². The molecule has 1 unspecified atom stereocenters. The molecule has 13 nitrogen and oxygen atoms in total. The lowest BCUT2D eigenvalue weighted by atomic mass is 9.84. The molecule has 8 heterocycles. The number of rotatable bonds is 6. The molecule has 2 atom stereocenters. The van der Waals surface area contributed by atoms with Gasteiger partial charge >= 0.3 is 0 Å². The molecular formula is C31H38N10O3S. The fourth-order valence-corrected chi connectivity index (χ4v) is 8.30. The molecule has 4 aromatic heterocycles. The third-order valence-electron chi connectivity index (χ3n) is 10.0. The van der Waals surface area contributed by atoms with Crippen LogP contribution in [0.3, 0.4) is 0 Å². The molecule has 0 aliphatic carbocycles. The lowest BCUT2D eigenvalue weighted by Crippen LogP contribution is -2.44. The maximum Gasteiger partial charge on any atom is 0.237 e. The minimum absolute atomic E-state index is 0.136. The maximum atomic E-state index is 13.3. The number of carbonyl (C=O) groups excluding carboxylic acids is 1.